The van der Waals surface area contributed by atoms with Crippen LogP contribution >= 0.6 is 0 Å². The van der Waals surface area contributed by atoms with Gasteiger partial charge in [0.05, 0.1) is 12.2 Å². The molecule has 19 heavy (non-hydrogen) atoms. The van der Waals surface area contributed by atoms with Crippen molar-refractivity contribution in [2.45, 2.75) is 52.2 Å². The first-order chi connectivity index (χ1) is 9.06. The molecule has 4 nitrogen and oxygen atoms in total. The smallest absolute Gasteiger partial charge is 0.241 e. The lowest BCUT2D eigenvalue weighted by atomic mass is 9.99. The molecule has 4 atom stereocenters. The fraction of sp³-hybridized carbons (Fsp3) is 0.933. The molecule has 0 radical (unpaired) electrons. The summed E-state index contributed by atoms with van der Waals surface area (Å²) in [5.74, 6) is 1.41. The van der Waals surface area contributed by atoms with Gasteiger partial charge in [-0.25, -0.2) is 0 Å². The molecule has 1 amide bonds. The highest BCUT2D eigenvalue weighted by atomic mass is 16.2. The Morgan fingerprint density at radius 3 is 2.68 bits per heavy atom. The molecule has 2 heterocycles. The third-order valence-electron chi connectivity index (χ3n) is 4.84. The Kier molecular flexibility index (Phi) is 4.85. The predicted octanol–water partition coefficient (Wildman–Crippen LogP) is 1.52. The third-order valence-corrected chi connectivity index (χ3v) is 4.84. The number of nitrogens with one attached hydrogen (secondary N) is 1. The first-order valence-corrected chi connectivity index (χ1v) is 7.81. The standard InChI is InChI=1S/C15H29N3O/c1-5-11(3)14-15(19)18(13(6-2)16-14)10-12-7-8-17(4)9-12/h11-14,16H,5-10H2,1-4H3. The van der Waals surface area contributed by atoms with E-state index in [1.165, 1.54) is 13.0 Å². The fourth-order valence-electron chi connectivity index (χ4n) is 3.35. The van der Waals surface area contributed by atoms with Gasteiger partial charge in [0, 0.05) is 13.1 Å². The number of rotatable bonds is 5. The first-order valence-electron chi connectivity index (χ1n) is 7.81. The summed E-state index contributed by atoms with van der Waals surface area (Å²) in [6.07, 6.45) is 3.53. The highest BCUT2D eigenvalue weighted by molar-refractivity contribution is 5.84. The van der Waals surface area contributed by atoms with Gasteiger partial charge in [-0.15, -0.1) is 0 Å². The number of hydrogen-bond donors (Lipinski definition) is 1. The number of hydrogen-bond acceptors (Lipinski definition) is 3. The van der Waals surface area contributed by atoms with E-state index in [4.69, 9.17) is 0 Å². The molecule has 0 saturated carbocycles. The second kappa shape index (κ2) is 6.23. The van der Waals surface area contributed by atoms with Gasteiger partial charge in [0.1, 0.15) is 0 Å². The molecule has 0 bridgehead atoms. The fourth-order valence-corrected chi connectivity index (χ4v) is 3.35. The zero-order valence-corrected chi connectivity index (χ0v) is 12.9. The van der Waals surface area contributed by atoms with Gasteiger partial charge >= 0.3 is 0 Å². The van der Waals surface area contributed by atoms with Gasteiger partial charge in [0.25, 0.3) is 0 Å². The molecular formula is C15H29N3O. The monoisotopic (exact) mass is 267 g/mol. The quantitative estimate of drug-likeness (QED) is 0.820. The van der Waals surface area contributed by atoms with E-state index in [-0.39, 0.29) is 12.2 Å². The van der Waals surface area contributed by atoms with Crippen LogP contribution in [0.1, 0.15) is 40.0 Å². The largest absolute Gasteiger partial charge is 0.325 e. The molecule has 0 spiro atoms. The van der Waals surface area contributed by atoms with Crippen molar-refractivity contribution in [3.63, 3.8) is 0 Å². The van der Waals surface area contributed by atoms with Crippen LogP contribution in [0.15, 0.2) is 0 Å². The van der Waals surface area contributed by atoms with Crippen molar-refractivity contribution in [3.8, 4) is 0 Å². The van der Waals surface area contributed by atoms with Gasteiger partial charge in [0.15, 0.2) is 0 Å². The van der Waals surface area contributed by atoms with Crippen molar-refractivity contribution in [1.29, 1.82) is 0 Å². The Hall–Kier alpha value is -0.610. The number of nitrogens with zero attached hydrogens (tertiary/aromatic N) is 2. The van der Waals surface area contributed by atoms with E-state index in [2.05, 4.69) is 42.9 Å². The SMILES string of the molecule is CCC(C)C1NC(CC)N(CC2CCN(C)C2)C1=O. The highest BCUT2D eigenvalue weighted by Crippen LogP contribution is 2.24. The normalized spacial score (nSPS) is 34.2. The molecule has 0 aromatic carbocycles. The summed E-state index contributed by atoms with van der Waals surface area (Å²) in [5.41, 5.74) is 0. The van der Waals surface area contributed by atoms with Crippen molar-refractivity contribution < 1.29 is 4.79 Å². The summed E-state index contributed by atoms with van der Waals surface area (Å²) in [7, 11) is 2.17. The van der Waals surface area contributed by atoms with Crippen LogP contribution in [0, 0.1) is 11.8 Å². The van der Waals surface area contributed by atoms with Gasteiger partial charge in [-0.2, -0.15) is 0 Å². The van der Waals surface area contributed by atoms with Crippen LogP contribution in [0.3, 0.4) is 0 Å². The Morgan fingerprint density at radius 2 is 2.16 bits per heavy atom. The van der Waals surface area contributed by atoms with Crippen molar-refractivity contribution >= 4 is 5.91 Å². The van der Waals surface area contributed by atoms with Crippen molar-refractivity contribution in [2.24, 2.45) is 11.8 Å². The summed E-state index contributed by atoms with van der Waals surface area (Å²) in [6.45, 7) is 9.74. The van der Waals surface area contributed by atoms with E-state index in [1.54, 1.807) is 0 Å². The molecule has 1 N–H and O–H groups in total. The topological polar surface area (TPSA) is 35.6 Å². The van der Waals surface area contributed by atoms with Gasteiger partial charge in [0.2, 0.25) is 5.91 Å². The molecular weight excluding hydrogens is 238 g/mol. The van der Waals surface area contributed by atoms with E-state index in [0.717, 1.165) is 25.9 Å². The molecule has 2 fully saturated rings. The molecule has 2 aliphatic rings. The van der Waals surface area contributed by atoms with Gasteiger partial charge in [-0.1, -0.05) is 27.2 Å². The van der Waals surface area contributed by atoms with E-state index in [0.29, 0.717) is 17.7 Å². The summed E-state index contributed by atoms with van der Waals surface area (Å²) >= 11 is 0. The maximum Gasteiger partial charge on any atom is 0.241 e. The molecule has 4 heteroatoms. The first kappa shape index (κ1) is 14.8. The van der Waals surface area contributed by atoms with E-state index >= 15 is 0 Å². The second-order valence-electron chi connectivity index (χ2n) is 6.36. The number of carbonyl (C=O) groups excluding carboxylic acids is 1. The van der Waals surface area contributed by atoms with Crippen molar-refractivity contribution in [3.05, 3.63) is 0 Å². The predicted molar refractivity (Wildman–Crippen MR) is 77.8 cm³/mol. The van der Waals surface area contributed by atoms with E-state index in [1.807, 2.05) is 0 Å². The highest BCUT2D eigenvalue weighted by Gasteiger charge is 2.41. The Labute approximate surface area is 117 Å². The average Bonchev–Trinajstić information content (AvgIpc) is 2.94. The van der Waals surface area contributed by atoms with Gasteiger partial charge in [-0.05, 0) is 38.3 Å². The van der Waals surface area contributed by atoms with E-state index in [9.17, 15) is 4.79 Å². The van der Waals surface area contributed by atoms with Crippen molar-refractivity contribution in [1.82, 2.24) is 15.1 Å². The average molecular weight is 267 g/mol. The number of likely N-dealkylation sites (tertiary alicyclic amines) is 1. The minimum absolute atomic E-state index is 0.0362. The molecule has 0 aromatic heterocycles. The van der Waals surface area contributed by atoms with Crippen LogP contribution in [0.2, 0.25) is 0 Å². The van der Waals surface area contributed by atoms with Crippen molar-refractivity contribution in [2.75, 3.05) is 26.7 Å². The molecule has 4 unspecified atom stereocenters. The third kappa shape index (κ3) is 3.11. The molecule has 110 valence electrons. The van der Waals surface area contributed by atoms with Crippen LogP contribution in [0.25, 0.3) is 0 Å². The van der Waals surface area contributed by atoms with Crippen LogP contribution in [-0.2, 0) is 4.79 Å². The maximum atomic E-state index is 12.6. The number of amides is 1. The van der Waals surface area contributed by atoms with Gasteiger partial charge < -0.3 is 9.80 Å². The minimum Gasteiger partial charge on any atom is -0.325 e. The zero-order chi connectivity index (χ0) is 14.0. The van der Waals surface area contributed by atoms with Crippen LogP contribution < -0.4 is 5.32 Å². The molecule has 2 rings (SSSR count). The second-order valence-corrected chi connectivity index (χ2v) is 6.36. The summed E-state index contributed by atoms with van der Waals surface area (Å²) in [4.78, 5) is 17.1. The zero-order valence-electron chi connectivity index (χ0n) is 12.9. The molecule has 2 aliphatic heterocycles. The summed E-state index contributed by atoms with van der Waals surface area (Å²) in [5, 5.41) is 3.54. The lowest BCUT2D eigenvalue weighted by Crippen LogP contribution is -2.40. The Bertz CT molecular complexity index is 321. The lowest BCUT2D eigenvalue weighted by molar-refractivity contribution is -0.131. The van der Waals surface area contributed by atoms with Crippen LogP contribution in [-0.4, -0.2) is 54.6 Å². The minimum atomic E-state index is 0.0362. The Balaban J connectivity index is 1.99. The summed E-state index contributed by atoms with van der Waals surface area (Å²) < 4.78 is 0. The maximum absolute atomic E-state index is 12.6. The molecule has 2 saturated heterocycles. The summed E-state index contributed by atoms with van der Waals surface area (Å²) in [6, 6.07) is 0.0362. The molecule has 0 aromatic rings. The Morgan fingerprint density at radius 1 is 1.42 bits per heavy atom. The van der Waals surface area contributed by atoms with Crippen LogP contribution in [0.5, 0.6) is 0 Å². The van der Waals surface area contributed by atoms with E-state index < -0.39 is 0 Å². The number of carbonyl (C=O) groups is 1. The van der Waals surface area contributed by atoms with Gasteiger partial charge in [-0.3, -0.25) is 10.1 Å². The van der Waals surface area contributed by atoms with Crippen LogP contribution in [0.4, 0.5) is 0 Å². The molecule has 0 aliphatic carbocycles. The lowest BCUT2D eigenvalue weighted by Gasteiger charge is -2.26.